The van der Waals surface area contributed by atoms with Crippen LogP contribution in [-0.4, -0.2) is 35.7 Å². The summed E-state index contributed by atoms with van der Waals surface area (Å²) in [5, 5.41) is 5.06. The molecule has 0 aliphatic heterocycles. The number of hydrogen-bond acceptors (Lipinski definition) is 6. The van der Waals surface area contributed by atoms with Gasteiger partial charge in [0.15, 0.2) is 0 Å². The van der Waals surface area contributed by atoms with Crippen molar-refractivity contribution in [3.63, 3.8) is 0 Å². The lowest BCUT2D eigenvalue weighted by Crippen LogP contribution is -2.14. The van der Waals surface area contributed by atoms with Crippen LogP contribution in [0.5, 0.6) is 0 Å². The lowest BCUT2D eigenvalue weighted by molar-refractivity contribution is -0.113. The number of aromatic nitrogens is 2. The minimum atomic E-state index is -0.0199. The van der Waals surface area contributed by atoms with Crippen LogP contribution in [0.25, 0.3) is 10.2 Å². The van der Waals surface area contributed by atoms with Gasteiger partial charge in [0, 0.05) is 35.7 Å². The molecule has 3 aromatic rings. The third-order valence-electron chi connectivity index (χ3n) is 4.72. The molecule has 7 heteroatoms. The number of thioether (sulfide) groups is 1. The first-order valence-electron chi connectivity index (χ1n) is 9.07. The van der Waals surface area contributed by atoms with Gasteiger partial charge in [0.25, 0.3) is 0 Å². The van der Waals surface area contributed by atoms with Crippen molar-refractivity contribution in [2.75, 3.05) is 30.1 Å². The van der Waals surface area contributed by atoms with Gasteiger partial charge in [-0.2, -0.15) is 0 Å². The summed E-state index contributed by atoms with van der Waals surface area (Å²) in [6, 6.07) is 7.84. The highest BCUT2D eigenvalue weighted by Crippen LogP contribution is 2.39. The van der Waals surface area contributed by atoms with Crippen LogP contribution in [0, 0.1) is 0 Å². The summed E-state index contributed by atoms with van der Waals surface area (Å²) in [5.74, 6) is 0.320. The molecule has 0 radical (unpaired) electrons. The Kier molecular flexibility index (Phi) is 5.31. The van der Waals surface area contributed by atoms with Gasteiger partial charge in [0.05, 0.1) is 5.75 Å². The van der Waals surface area contributed by atoms with Crippen LogP contribution in [0.1, 0.15) is 23.3 Å². The van der Waals surface area contributed by atoms with E-state index in [1.165, 1.54) is 40.4 Å². The van der Waals surface area contributed by atoms with Crippen LogP contribution in [0.3, 0.4) is 0 Å². The maximum Gasteiger partial charge on any atom is 0.234 e. The molecule has 0 bridgehead atoms. The van der Waals surface area contributed by atoms with Gasteiger partial charge in [-0.15, -0.1) is 11.3 Å². The fourth-order valence-electron chi connectivity index (χ4n) is 3.34. The Morgan fingerprint density at radius 2 is 1.96 bits per heavy atom. The highest BCUT2D eigenvalue weighted by Gasteiger charge is 2.20. The molecule has 1 N–H and O–H groups in total. The number of carbonyl (C=O) groups is 1. The summed E-state index contributed by atoms with van der Waals surface area (Å²) in [6.45, 7) is 0. The summed E-state index contributed by atoms with van der Waals surface area (Å²) in [5.41, 5.74) is 3.32. The molecule has 4 rings (SSSR count). The van der Waals surface area contributed by atoms with Crippen molar-refractivity contribution in [2.45, 2.75) is 30.7 Å². The van der Waals surface area contributed by atoms with Crippen LogP contribution in [0.15, 0.2) is 35.6 Å². The fourth-order valence-corrected chi connectivity index (χ4v) is 5.46. The first kappa shape index (κ1) is 18.3. The second-order valence-electron chi connectivity index (χ2n) is 6.85. The van der Waals surface area contributed by atoms with Gasteiger partial charge in [0.1, 0.15) is 16.2 Å². The van der Waals surface area contributed by atoms with Crippen molar-refractivity contribution in [3.05, 3.63) is 41.0 Å². The molecule has 2 aromatic heterocycles. The average Bonchev–Trinajstić information content (AvgIpc) is 3.06. The number of nitrogens with one attached hydrogen (secondary N) is 1. The minimum Gasteiger partial charge on any atom is -0.378 e. The van der Waals surface area contributed by atoms with E-state index in [1.807, 2.05) is 43.3 Å². The zero-order chi connectivity index (χ0) is 18.8. The van der Waals surface area contributed by atoms with Crippen LogP contribution < -0.4 is 10.2 Å². The third-order valence-corrected chi connectivity index (χ3v) is 6.91. The third kappa shape index (κ3) is 3.94. The first-order valence-corrected chi connectivity index (χ1v) is 10.9. The zero-order valence-electron chi connectivity index (χ0n) is 15.5. The number of amides is 1. The van der Waals surface area contributed by atoms with E-state index in [-0.39, 0.29) is 5.91 Å². The topological polar surface area (TPSA) is 58.1 Å². The molecule has 5 nitrogen and oxygen atoms in total. The zero-order valence-corrected chi connectivity index (χ0v) is 17.1. The molecule has 0 saturated heterocycles. The molecule has 140 valence electrons. The van der Waals surface area contributed by atoms with Gasteiger partial charge in [-0.25, -0.2) is 9.97 Å². The molecule has 0 atom stereocenters. The Morgan fingerprint density at radius 1 is 1.19 bits per heavy atom. The lowest BCUT2D eigenvalue weighted by atomic mass is 9.97. The minimum absolute atomic E-state index is 0.0199. The fraction of sp³-hybridized carbons (Fsp3) is 0.350. The van der Waals surface area contributed by atoms with Crippen molar-refractivity contribution in [1.82, 2.24) is 9.97 Å². The molecule has 0 spiro atoms. The SMILES string of the molecule is CN(C)c1ccc(NC(=O)CSc2ncnc3sc4c(c23)CCCC4)cc1. The van der Waals surface area contributed by atoms with E-state index in [0.29, 0.717) is 5.75 Å². The molecule has 1 amide bonds. The molecule has 1 aliphatic rings. The molecule has 0 unspecified atom stereocenters. The largest absolute Gasteiger partial charge is 0.378 e. The summed E-state index contributed by atoms with van der Waals surface area (Å²) in [4.78, 5) is 25.8. The number of rotatable bonds is 5. The average molecular weight is 399 g/mol. The normalized spacial score (nSPS) is 13.4. The molecular formula is C20H22N4OS2. The van der Waals surface area contributed by atoms with Crippen molar-refractivity contribution in [2.24, 2.45) is 0 Å². The Labute approximate surface area is 167 Å². The maximum atomic E-state index is 12.4. The van der Waals surface area contributed by atoms with Gasteiger partial charge >= 0.3 is 0 Å². The van der Waals surface area contributed by atoms with E-state index in [1.54, 1.807) is 17.7 Å². The van der Waals surface area contributed by atoms with Gasteiger partial charge in [-0.3, -0.25) is 4.79 Å². The van der Waals surface area contributed by atoms with Crippen LogP contribution in [-0.2, 0) is 17.6 Å². The van der Waals surface area contributed by atoms with Gasteiger partial charge < -0.3 is 10.2 Å². The van der Waals surface area contributed by atoms with E-state index in [9.17, 15) is 4.79 Å². The lowest BCUT2D eigenvalue weighted by Gasteiger charge is -2.13. The summed E-state index contributed by atoms with van der Waals surface area (Å²) in [7, 11) is 3.99. The number of fused-ring (bicyclic) bond motifs is 3. The highest BCUT2D eigenvalue weighted by molar-refractivity contribution is 8.00. The Hall–Kier alpha value is -2.12. The van der Waals surface area contributed by atoms with E-state index in [0.717, 1.165) is 34.1 Å². The second-order valence-corrected chi connectivity index (χ2v) is 8.90. The number of carbonyl (C=O) groups excluding carboxylic acids is 1. The summed E-state index contributed by atoms with van der Waals surface area (Å²) >= 11 is 3.28. The van der Waals surface area contributed by atoms with Crippen LogP contribution in [0.2, 0.25) is 0 Å². The van der Waals surface area contributed by atoms with E-state index in [2.05, 4.69) is 15.3 Å². The van der Waals surface area contributed by atoms with Crippen LogP contribution >= 0.6 is 23.1 Å². The Balaban J connectivity index is 1.45. The summed E-state index contributed by atoms with van der Waals surface area (Å²) in [6.07, 6.45) is 6.33. The number of benzene rings is 1. The predicted octanol–water partition coefficient (Wildman–Crippen LogP) is 4.37. The van der Waals surface area contributed by atoms with Gasteiger partial charge in [0.2, 0.25) is 5.91 Å². The van der Waals surface area contributed by atoms with E-state index < -0.39 is 0 Å². The molecule has 1 aliphatic carbocycles. The van der Waals surface area contributed by atoms with Crippen molar-refractivity contribution in [3.8, 4) is 0 Å². The molecule has 0 fully saturated rings. The Morgan fingerprint density at radius 3 is 2.74 bits per heavy atom. The molecule has 0 saturated carbocycles. The van der Waals surface area contributed by atoms with Gasteiger partial charge in [-0.05, 0) is 55.5 Å². The quantitative estimate of drug-likeness (QED) is 0.511. The Bertz CT molecular complexity index is 966. The van der Waals surface area contributed by atoms with Crippen molar-refractivity contribution < 1.29 is 4.79 Å². The van der Waals surface area contributed by atoms with Crippen LogP contribution in [0.4, 0.5) is 11.4 Å². The second kappa shape index (κ2) is 7.86. The van der Waals surface area contributed by atoms with E-state index in [4.69, 9.17) is 0 Å². The van der Waals surface area contributed by atoms with Crippen molar-refractivity contribution in [1.29, 1.82) is 0 Å². The molecular weight excluding hydrogens is 376 g/mol. The molecule has 2 heterocycles. The van der Waals surface area contributed by atoms with Gasteiger partial charge in [-0.1, -0.05) is 11.8 Å². The standard InChI is InChI=1S/C20H22N4OS2/c1-24(2)14-9-7-13(8-10-14)23-17(25)11-26-19-18-15-5-3-4-6-16(15)27-20(18)22-12-21-19/h7-10,12H,3-6,11H2,1-2H3,(H,23,25). The molecule has 27 heavy (non-hydrogen) atoms. The first-order chi connectivity index (χ1) is 13.1. The number of anilines is 2. The predicted molar refractivity (Wildman–Crippen MR) is 114 cm³/mol. The smallest absolute Gasteiger partial charge is 0.234 e. The number of aryl methyl sites for hydroxylation is 2. The monoisotopic (exact) mass is 398 g/mol. The number of hydrogen-bond donors (Lipinski definition) is 1. The number of nitrogens with zero attached hydrogens (tertiary/aromatic N) is 3. The molecule has 1 aromatic carbocycles. The van der Waals surface area contributed by atoms with Crippen molar-refractivity contribution >= 4 is 50.6 Å². The maximum absolute atomic E-state index is 12.4. The number of thiophene rings is 1. The van der Waals surface area contributed by atoms with E-state index >= 15 is 0 Å². The highest BCUT2D eigenvalue weighted by atomic mass is 32.2. The summed E-state index contributed by atoms with van der Waals surface area (Å²) < 4.78 is 0.